The second kappa shape index (κ2) is 4.59. The van der Waals surface area contributed by atoms with Crippen molar-refractivity contribution in [2.45, 2.75) is 31.6 Å². The Balaban J connectivity index is 3.27. The molecule has 1 aromatic carbocycles. The highest BCUT2D eigenvalue weighted by Crippen LogP contribution is 2.36. The zero-order chi connectivity index (χ0) is 14.1. The van der Waals surface area contributed by atoms with Crippen LogP contribution in [0.3, 0.4) is 0 Å². The zero-order valence-corrected chi connectivity index (χ0v) is 9.75. The quantitative estimate of drug-likeness (QED) is 0.846. The topological polar surface area (TPSA) is 37.3 Å². The molecule has 0 fully saturated rings. The number of hydrogen-bond acceptors (Lipinski definition) is 1. The third-order valence-corrected chi connectivity index (χ3v) is 2.78. The first-order valence-corrected chi connectivity index (χ1v) is 5.10. The summed E-state index contributed by atoms with van der Waals surface area (Å²) in [5.74, 6) is -5.51. The molecule has 0 amide bonds. The van der Waals surface area contributed by atoms with Crippen molar-refractivity contribution in [3.8, 4) is 0 Å². The van der Waals surface area contributed by atoms with E-state index in [2.05, 4.69) is 0 Å². The summed E-state index contributed by atoms with van der Waals surface area (Å²) in [6, 6.07) is 4.12. The van der Waals surface area contributed by atoms with Crippen molar-refractivity contribution >= 4 is 5.97 Å². The van der Waals surface area contributed by atoms with Crippen molar-refractivity contribution in [2.24, 2.45) is 0 Å². The van der Waals surface area contributed by atoms with Crippen molar-refractivity contribution in [2.75, 3.05) is 0 Å². The summed E-state index contributed by atoms with van der Waals surface area (Å²) in [7, 11) is 0. The maximum absolute atomic E-state index is 13.2. The van der Waals surface area contributed by atoms with E-state index >= 15 is 0 Å². The van der Waals surface area contributed by atoms with E-state index < -0.39 is 29.3 Å². The molecule has 1 N–H and O–H groups in total. The van der Waals surface area contributed by atoms with E-state index in [1.807, 2.05) is 0 Å². The number of carboxylic acids is 1. The molecule has 100 valence electrons. The lowest BCUT2D eigenvalue weighted by Gasteiger charge is -2.22. The fourth-order valence-corrected chi connectivity index (χ4v) is 1.36. The molecule has 18 heavy (non-hydrogen) atoms. The van der Waals surface area contributed by atoms with Gasteiger partial charge in [0.25, 0.3) is 0 Å². The average molecular weight is 264 g/mol. The van der Waals surface area contributed by atoms with E-state index in [1.54, 1.807) is 0 Å². The third kappa shape index (κ3) is 2.47. The Kier molecular flexibility index (Phi) is 3.69. The van der Waals surface area contributed by atoms with Gasteiger partial charge in [-0.1, -0.05) is 18.2 Å². The number of halogens is 4. The van der Waals surface area contributed by atoms with Crippen molar-refractivity contribution in [3.05, 3.63) is 35.4 Å². The van der Waals surface area contributed by atoms with E-state index in [-0.39, 0.29) is 5.56 Å². The highest BCUT2D eigenvalue weighted by molar-refractivity contribution is 5.80. The minimum Gasteiger partial charge on any atom is -0.481 e. The predicted molar refractivity (Wildman–Crippen MR) is 57.0 cm³/mol. The summed E-state index contributed by atoms with van der Waals surface area (Å²) < 4.78 is 50.7. The zero-order valence-electron chi connectivity index (χ0n) is 9.75. The van der Waals surface area contributed by atoms with Crippen LogP contribution in [0.15, 0.2) is 24.3 Å². The lowest BCUT2D eigenvalue weighted by molar-refractivity contribution is -0.142. The van der Waals surface area contributed by atoms with Crippen molar-refractivity contribution in [3.63, 3.8) is 0 Å². The molecular formula is C12H12F4O2. The monoisotopic (exact) mass is 264 g/mol. The van der Waals surface area contributed by atoms with Gasteiger partial charge in [0, 0.05) is 5.56 Å². The van der Waals surface area contributed by atoms with Crippen LogP contribution in [0, 0.1) is 0 Å². The van der Waals surface area contributed by atoms with Crippen LogP contribution in [0.4, 0.5) is 17.6 Å². The van der Waals surface area contributed by atoms with Crippen LogP contribution in [0.1, 0.15) is 25.0 Å². The van der Waals surface area contributed by atoms with Gasteiger partial charge in [-0.2, -0.15) is 8.78 Å². The van der Waals surface area contributed by atoms with E-state index in [4.69, 9.17) is 5.11 Å². The van der Waals surface area contributed by atoms with Crippen molar-refractivity contribution in [1.82, 2.24) is 0 Å². The normalized spacial score (nSPS) is 12.8. The molecule has 0 bridgehead atoms. The SMILES string of the molecule is CC(C)(C(=O)O)c1cccc(C(F)(F)C(F)F)c1. The Hall–Kier alpha value is -1.59. The standard InChI is InChI=1S/C12H12F4O2/c1-11(2,10(17)18)7-4-3-5-8(6-7)12(15,16)9(13)14/h3-6,9H,1-2H3,(H,17,18). The summed E-state index contributed by atoms with van der Waals surface area (Å²) in [4.78, 5) is 11.0. The molecule has 0 aliphatic rings. The Morgan fingerprint density at radius 3 is 2.17 bits per heavy atom. The fraction of sp³-hybridized carbons (Fsp3) is 0.417. The van der Waals surface area contributed by atoms with Gasteiger partial charge in [0.15, 0.2) is 0 Å². The van der Waals surface area contributed by atoms with Gasteiger partial charge in [-0.3, -0.25) is 4.79 Å². The van der Waals surface area contributed by atoms with Gasteiger partial charge in [0.05, 0.1) is 5.41 Å². The minimum atomic E-state index is -4.29. The number of carbonyl (C=O) groups is 1. The maximum atomic E-state index is 13.2. The number of hydrogen-bond donors (Lipinski definition) is 1. The average Bonchev–Trinajstić information content (AvgIpc) is 2.28. The van der Waals surface area contributed by atoms with Crippen LogP contribution in [0.5, 0.6) is 0 Å². The summed E-state index contributed by atoms with van der Waals surface area (Å²) in [5.41, 5.74) is -2.26. The third-order valence-electron chi connectivity index (χ3n) is 2.78. The second-order valence-electron chi connectivity index (χ2n) is 4.43. The Bertz CT molecular complexity index is 455. The van der Waals surface area contributed by atoms with Crippen LogP contribution in [0.25, 0.3) is 0 Å². The lowest BCUT2D eigenvalue weighted by Crippen LogP contribution is -2.30. The minimum absolute atomic E-state index is 0.0489. The van der Waals surface area contributed by atoms with Crippen LogP contribution in [-0.4, -0.2) is 17.5 Å². The predicted octanol–water partition coefficient (Wildman–Crippen LogP) is 3.41. The number of rotatable bonds is 4. The second-order valence-corrected chi connectivity index (χ2v) is 4.43. The molecule has 0 radical (unpaired) electrons. The molecule has 0 saturated heterocycles. The molecule has 0 saturated carbocycles. The van der Waals surface area contributed by atoms with E-state index in [9.17, 15) is 22.4 Å². The van der Waals surface area contributed by atoms with Crippen molar-refractivity contribution in [1.29, 1.82) is 0 Å². The summed E-state index contributed by atoms with van der Waals surface area (Å²) in [6.07, 6.45) is -3.83. The van der Waals surface area contributed by atoms with Gasteiger partial charge in [-0.15, -0.1) is 0 Å². The van der Waals surface area contributed by atoms with Crippen LogP contribution >= 0.6 is 0 Å². The van der Waals surface area contributed by atoms with Crippen LogP contribution in [0.2, 0.25) is 0 Å². The summed E-state index contributed by atoms with van der Waals surface area (Å²) >= 11 is 0. The lowest BCUT2D eigenvalue weighted by atomic mass is 9.83. The molecule has 1 rings (SSSR count). The van der Waals surface area contributed by atoms with E-state index in [0.29, 0.717) is 0 Å². The number of carboxylic acid groups (broad SMARTS) is 1. The number of aliphatic carboxylic acids is 1. The van der Waals surface area contributed by atoms with E-state index in [1.165, 1.54) is 19.9 Å². The first-order chi connectivity index (χ1) is 8.10. The van der Waals surface area contributed by atoms with E-state index in [0.717, 1.165) is 18.2 Å². The largest absolute Gasteiger partial charge is 0.481 e. The van der Waals surface area contributed by atoms with Gasteiger partial charge in [0.2, 0.25) is 0 Å². The molecular weight excluding hydrogens is 252 g/mol. The Morgan fingerprint density at radius 1 is 1.22 bits per heavy atom. The van der Waals surface area contributed by atoms with Gasteiger partial charge in [-0.05, 0) is 25.5 Å². The number of alkyl halides is 4. The molecule has 0 aliphatic heterocycles. The number of benzene rings is 1. The van der Waals surface area contributed by atoms with Gasteiger partial charge in [-0.25, -0.2) is 8.78 Å². The molecule has 2 nitrogen and oxygen atoms in total. The highest BCUT2D eigenvalue weighted by atomic mass is 19.3. The highest BCUT2D eigenvalue weighted by Gasteiger charge is 2.43. The maximum Gasteiger partial charge on any atom is 0.332 e. The van der Waals surface area contributed by atoms with Crippen LogP contribution < -0.4 is 0 Å². The van der Waals surface area contributed by atoms with Gasteiger partial charge < -0.3 is 5.11 Å². The molecule has 1 aromatic rings. The molecule has 0 aliphatic carbocycles. The Labute approximate surface area is 101 Å². The van der Waals surface area contributed by atoms with Crippen molar-refractivity contribution < 1.29 is 27.5 Å². The van der Waals surface area contributed by atoms with Gasteiger partial charge in [0.1, 0.15) is 0 Å². The fourth-order valence-electron chi connectivity index (χ4n) is 1.36. The van der Waals surface area contributed by atoms with Gasteiger partial charge >= 0.3 is 18.3 Å². The summed E-state index contributed by atoms with van der Waals surface area (Å²) in [6.45, 7) is 2.63. The molecule has 0 aromatic heterocycles. The molecule has 0 unspecified atom stereocenters. The summed E-state index contributed by atoms with van der Waals surface area (Å²) in [5, 5.41) is 8.96. The molecule has 0 heterocycles. The molecule has 6 heteroatoms. The smallest absolute Gasteiger partial charge is 0.332 e. The molecule has 0 atom stereocenters. The molecule has 0 spiro atoms. The first-order valence-electron chi connectivity index (χ1n) is 5.10. The first kappa shape index (κ1) is 14.5. The van der Waals surface area contributed by atoms with Crippen LogP contribution in [-0.2, 0) is 16.1 Å². The Morgan fingerprint density at radius 2 is 1.72 bits per heavy atom.